The SMILES string of the molecule is CC(C)(C)C1=Cc2cccc[n+]2C1. The van der Waals surface area contributed by atoms with Crippen molar-refractivity contribution >= 4 is 6.08 Å². The van der Waals surface area contributed by atoms with Crippen LogP contribution in [0.4, 0.5) is 0 Å². The predicted octanol–water partition coefficient (Wildman–Crippen LogP) is 2.42. The molecule has 0 radical (unpaired) electrons. The van der Waals surface area contributed by atoms with E-state index >= 15 is 0 Å². The summed E-state index contributed by atoms with van der Waals surface area (Å²) in [5.74, 6) is 0. The molecule has 0 aromatic carbocycles. The second-order valence-electron chi connectivity index (χ2n) is 4.67. The lowest BCUT2D eigenvalue weighted by Gasteiger charge is -2.16. The van der Waals surface area contributed by atoms with Gasteiger partial charge in [0.25, 0.3) is 0 Å². The summed E-state index contributed by atoms with van der Waals surface area (Å²) in [6.07, 6.45) is 4.45. The van der Waals surface area contributed by atoms with E-state index in [1.54, 1.807) is 0 Å². The van der Waals surface area contributed by atoms with Crippen molar-refractivity contribution in [3.63, 3.8) is 0 Å². The van der Waals surface area contributed by atoms with Crippen LogP contribution in [0.1, 0.15) is 26.5 Å². The smallest absolute Gasteiger partial charge is 0.195 e. The number of rotatable bonds is 0. The van der Waals surface area contributed by atoms with Crippen molar-refractivity contribution in [3.8, 4) is 0 Å². The molecule has 1 aliphatic heterocycles. The van der Waals surface area contributed by atoms with Crippen LogP contribution < -0.4 is 4.57 Å². The van der Waals surface area contributed by atoms with Crippen molar-refractivity contribution in [1.29, 1.82) is 0 Å². The van der Waals surface area contributed by atoms with Crippen molar-refractivity contribution in [3.05, 3.63) is 35.7 Å². The van der Waals surface area contributed by atoms with Crippen LogP contribution in [-0.2, 0) is 6.54 Å². The molecule has 0 atom stereocenters. The third kappa shape index (κ3) is 1.51. The fourth-order valence-corrected chi connectivity index (χ4v) is 1.63. The molecular formula is C12H16N+. The monoisotopic (exact) mass is 174 g/mol. The molecule has 0 bridgehead atoms. The molecule has 2 rings (SSSR count). The molecule has 0 fully saturated rings. The van der Waals surface area contributed by atoms with Gasteiger partial charge in [0.05, 0.1) is 0 Å². The summed E-state index contributed by atoms with van der Waals surface area (Å²) in [5.41, 5.74) is 3.14. The molecule has 1 aliphatic rings. The van der Waals surface area contributed by atoms with Gasteiger partial charge in [0.2, 0.25) is 5.69 Å². The maximum atomic E-state index is 2.31. The maximum absolute atomic E-state index is 2.31. The Kier molecular flexibility index (Phi) is 1.76. The molecule has 1 aromatic heterocycles. The first-order valence-corrected chi connectivity index (χ1v) is 4.77. The summed E-state index contributed by atoms with van der Waals surface area (Å²) in [6.45, 7) is 7.86. The minimum absolute atomic E-state index is 0.298. The second kappa shape index (κ2) is 2.69. The number of fused-ring (bicyclic) bond motifs is 1. The van der Waals surface area contributed by atoms with Crippen molar-refractivity contribution in [2.75, 3.05) is 0 Å². The molecule has 0 saturated heterocycles. The highest BCUT2D eigenvalue weighted by Crippen LogP contribution is 2.29. The van der Waals surface area contributed by atoms with Crippen LogP contribution in [0.15, 0.2) is 30.0 Å². The van der Waals surface area contributed by atoms with Gasteiger partial charge < -0.3 is 0 Å². The van der Waals surface area contributed by atoms with Crippen molar-refractivity contribution in [2.45, 2.75) is 27.3 Å². The predicted molar refractivity (Wildman–Crippen MR) is 54.1 cm³/mol. The number of aromatic nitrogens is 1. The molecule has 1 aromatic rings. The van der Waals surface area contributed by atoms with E-state index in [4.69, 9.17) is 0 Å². The Labute approximate surface area is 79.7 Å². The first-order valence-electron chi connectivity index (χ1n) is 4.77. The molecule has 0 N–H and O–H groups in total. The van der Waals surface area contributed by atoms with Gasteiger partial charge in [-0.2, -0.15) is 4.57 Å². The highest BCUT2D eigenvalue weighted by Gasteiger charge is 2.27. The third-order valence-corrected chi connectivity index (χ3v) is 2.60. The molecular weight excluding hydrogens is 158 g/mol. The average Bonchev–Trinajstić information content (AvgIpc) is 2.45. The first kappa shape index (κ1) is 8.49. The van der Waals surface area contributed by atoms with E-state index < -0.39 is 0 Å². The summed E-state index contributed by atoms with van der Waals surface area (Å²) < 4.78 is 2.29. The fraction of sp³-hybridized carbons (Fsp3) is 0.417. The lowest BCUT2D eigenvalue weighted by atomic mass is 9.87. The number of hydrogen-bond donors (Lipinski definition) is 0. The van der Waals surface area contributed by atoms with E-state index in [9.17, 15) is 0 Å². The van der Waals surface area contributed by atoms with E-state index in [2.05, 4.69) is 55.8 Å². The fourth-order valence-electron chi connectivity index (χ4n) is 1.63. The molecule has 2 heterocycles. The zero-order valence-electron chi connectivity index (χ0n) is 8.54. The van der Waals surface area contributed by atoms with Gasteiger partial charge in [-0.1, -0.05) is 20.8 Å². The normalized spacial score (nSPS) is 15.5. The van der Waals surface area contributed by atoms with E-state index in [0.29, 0.717) is 5.41 Å². The molecule has 13 heavy (non-hydrogen) atoms. The van der Waals surface area contributed by atoms with E-state index in [0.717, 1.165) is 6.54 Å². The van der Waals surface area contributed by atoms with Gasteiger partial charge in [-0.15, -0.1) is 0 Å². The van der Waals surface area contributed by atoms with Crippen molar-refractivity contribution in [2.24, 2.45) is 5.41 Å². The zero-order chi connectivity index (χ0) is 9.47. The summed E-state index contributed by atoms with van der Waals surface area (Å²) in [7, 11) is 0. The average molecular weight is 174 g/mol. The van der Waals surface area contributed by atoms with Crippen molar-refractivity contribution in [1.82, 2.24) is 0 Å². The highest BCUT2D eigenvalue weighted by atomic mass is 15.0. The van der Waals surface area contributed by atoms with Gasteiger partial charge in [0.1, 0.15) is 0 Å². The van der Waals surface area contributed by atoms with E-state index in [1.165, 1.54) is 11.3 Å². The van der Waals surface area contributed by atoms with Crippen LogP contribution in [0.25, 0.3) is 6.08 Å². The first-order chi connectivity index (χ1) is 6.07. The van der Waals surface area contributed by atoms with Gasteiger partial charge in [-0.3, -0.25) is 0 Å². The maximum Gasteiger partial charge on any atom is 0.205 e. The van der Waals surface area contributed by atoms with Gasteiger partial charge in [0.15, 0.2) is 12.7 Å². The van der Waals surface area contributed by atoms with E-state index in [-0.39, 0.29) is 0 Å². The number of hydrogen-bond acceptors (Lipinski definition) is 0. The number of allylic oxidation sites excluding steroid dienone is 1. The lowest BCUT2D eigenvalue weighted by molar-refractivity contribution is -0.686. The lowest BCUT2D eigenvalue weighted by Crippen LogP contribution is -2.34. The topological polar surface area (TPSA) is 3.88 Å². The minimum atomic E-state index is 0.298. The van der Waals surface area contributed by atoms with Crippen LogP contribution >= 0.6 is 0 Å². The zero-order valence-corrected chi connectivity index (χ0v) is 8.54. The van der Waals surface area contributed by atoms with Crippen LogP contribution in [0, 0.1) is 5.41 Å². The summed E-state index contributed by atoms with van der Waals surface area (Å²) in [6, 6.07) is 6.34. The largest absolute Gasteiger partial charge is 0.205 e. The number of pyridine rings is 1. The Morgan fingerprint density at radius 3 is 2.62 bits per heavy atom. The van der Waals surface area contributed by atoms with E-state index in [1.807, 2.05) is 0 Å². The Morgan fingerprint density at radius 1 is 1.23 bits per heavy atom. The third-order valence-electron chi connectivity index (χ3n) is 2.60. The molecule has 0 spiro atoms. The minimum Gasteiger partial charge on any atom is -0.195 e. The Bertz CT molecular complexity index is 356. The summed E-state index contributed by atoms with van der Waals surface area (Å²) in [5, 5.41) is 0. The van der Waals surface area contributed by atoms with Gasteiger partial charge in [-0.25, -0.2) is 0 Å². The molecule has 1 heteroatoms. The summed E-state index contributed by atoms with van der Waals surface area (Å²) >= 11 is 0. The Hall–Kier alpha value is -1.11. The molecule has 1 nitrogen and oxygen atoms in total. The molecule has 0 aliphatic carbocycles. The standard InChI is InChI=1S/C12H16N/c1-12(2,3)10-8-11-6-4-5-7-13(11)9-10/h4-8H,9H2,1-3H3/q+1. The Balaban J connectivity index is 2.37. The van der Waals surface area contributed by atoms with Crippen LogP contribution in [0.2, 0.25) is 0 Å². The summed E-state index contributed by atoms with van der Waals surface area (Å²) in [4.78, 5) is 0. The second-order valence-corrected chi connectivity index (χ2v) is 4.67. The van der Waals surface area contributed by atoms with Crippen LogP contribution in [-0.4, -0.2) is 0 Å². The molecule has 0 amide bonds. The quantitative estimate of drug-likeness (QED) is 0.532. The highest BCUT2D eigenvalue weighted by molar-refractivity contribution is 5.49. The van der Waals surface area contributed by atoms with Crippen LogP contribution in [0.3, 0.4) is 0 Å². The number of nitrogens with zero attached hydrogens (tertiary/aromatic N) is 1. The van der Waals surface area contributed by atoms with Crippen molar-refractivity contribution < 1.29 is 4.57 Å². The van der Waals surface area contributed by atoms with Gasteiger partial charge in [0, 0.05) is 23.8 Å². The molecule has 68 valence electrons. The molecule has 0 unspecified atom stereocenters. The van der Waals surface area contributed by atoms with Crippen LogP contribution in [0.5, 0.6) is 0 Å². The van der Waals surface area contributed by atoms with Gasteiger partial charge in [-0.05, 0) is 11.5 Å². The molecule has 0 saturated carbocycles. The Morgan fingerprint density at radius 2 is 2.00 bits per heavy atom. The van der Waals surface area contributed by atoms with Gasteiger partial charge >= 0.3 is 0 Å².